The molecule has 1 aromatic heterocycles. The van der Waals surface area contributed by atoms with Crippen molar-refractivity contribution in [1.29, 1.82) is 0 Å². The Bertz CT molecular complexity index is 1900. The van der Waals surface area contributed by atoms with Crippen molar-refractivity contribution in [2.75, 3.05) is 32.6 Å². The van der Waals surface area contributed by atoms with Crippen molar-refractivity contribution < 1.29 is 45.7 Å². The van der Waals surface area contributed by atoms with Crippen molar-refractivity contribution in [3.05, 3.63) is 116 Å². The molecule has 254 valence electrons. The van der Waals surface area contributed by atoms with Crippen LogP contribution < -0.4 is 15.6 Å². The molecule has 4 aromatic rings. The maximum Gasteiger partial charge on any atom is 0.416 e. The molecule has 2 N–H and O–H groups in total. The predicted molar refractivity (Wildman–Crippen MR) is 167 cm³/mol. The Morgan fingerprint density at radius 2 is 1.75 bits per heavy atom. The standard InChI is InChI=1S/C34H30F6N2O5S/c1-18-21(15-22-23(34(38,39)40)9-6-11-25(22)36)33-42(32(45)29(18)20-8-5-12-27(46-2)30(20)37)26(17-48-33)31(19-7-3-4-10-24(19)35)41-13-14-47-16-28(43)44/h3-12,26,31,41H,13-17H2,1-2H3,(H,43,44). The van der Waals surface area contributed by atoms with Crippen LogP contribution in [0.5, 0.6) is 5.75 Å². The van der Waals surface area contributed by atoms with Crippen LogP contribution in [0.3, 0.4) is 0 Å². The highest BCUT2D eigenvalue weighted by molar-refractivity contribution is 7.99. The molecule has 1 aliphatic heterocycles. The first-order chi connectivity index (χ1) is 22.8. The Hall–Kier alpha value is -4.27. The second-order valence-electron chi connectivity index (χ2n) is 11.0. The fraction of sp³-hybridized carbons (Fsp3) is 0.294. The molecular weight excluding hydrogens is 662 g/mol. The summed E-state index contributed by atoms with van der Waals surface area (Å²) in [6.07, 6.45) is -5.47. The van der Waals surface area contributed by atoms with Crippen LogP contribution in [0.2, 0.25) is 0 Å². The molecule has 5 rings (SSSR count). The van der Waals surface area contributed by atoms with Crippen molar-refractivity contribution in [2.24, 2.45) is 0 Å². The summed E-state index contributed by atoms with van der Waals surface area (Å²) in [6, 6.07) is 10.8. The molecule has 0 amide bonds. The van der Waals surface area contributed by atoms with Crippen LogP contribution in [-0.2, 0) is 22.1 Å². The summed E-state index contributed by atoms with van der Waals surface area (Å²) in [5.74, 6) is -3.82. The lowest BCUT2D eigenvalue weighted by atomic mass is 9.91. The van der Waals surface area contributed by atoms with Gasteiger partial charge < -0.3 is 19.9 Å². The molecule has 0 saturated carbocycles. The van der Waals surface area contributed by atoms with Crippen molar-refractivity contribution >= 4 is 17.7 Å². The highest BCUT2D eigenvalue weighted by Gasteiger charge is 2.39. The van der Waals surface area contributed by atoms with Gasteiger partial charge in [-0.3, -0.25) is 9.36 Å². The summed E-state index contributed by atoms with van der Waals surface area (Å²) in [5, 5.41) is 12.3. The molecule has 3 aromatic carbocycles. The summed E-state index contributed by atoms with van der Waals surface area (Å²) in [5.41, 5.74) is -2.38. The average molecular weight is 693 g/mol. The smallest absolute Gasteiger partial charge is 0.416 e. The molecule has 0 spiro atoms. The van der Waals surface area contributed by atoms with E-state index in [0.29, 0.717) is 0 Å². The minimum absolute atomic E-state index is 0.0395. The number of rotatable bonds is 12. The molecule has 0 bridgehead atoms. The van der Waals surface area contributed by atoms with Gasteiger partial charge in [-0.15, -0.1) is 11.8 Å². The van der Waals surface area contributed by atoms with Crippen LogP contribution >= 0.6 is 11.8 Å². The number of alkyl halides is 3. The van der Waals surface area contributed by atoms with Gasteiger partial charge in [0.2, 0.25) is 0 Å². The highest BCUT2D eigenvalue weighted by Crippen LogP contribution is 2.45. The number of hydrogen-bond acceptors (Lipinski definition) is 6. The molecule has 1 aliphatic rings. The largest absolute Gasteiger partial charge is 0.494 e. The number of aromatic nitrogens is 1. The van der Waals surface area contributed by atoms with Crippen molar-refractivity contribution in [2.45, 2.75) is 36.6 Å². The van der Waals surface area contributed by atoms with Crippen LogP contribution in [0.1, 0.15) is 39.9 Å². The Morgan fingerprint density at radius 1 is 1.04 bits per heavy atom. The lowest BCUT2D eigenvalue weighted by Gasteiger charge is -2.28. The zero-order valence-electron chi connectivity index (χ0n) is 25.7. The van der Waals surface area contributed by atoms with Crippen LogP contribution in [-0.4, -0.2) is 48.3 Å². The van der Waals surface area contributed by atoms with Crippen LogP contribution in [0, 0.1) is 24.4 Å². The number of benzene rings is 3. The highest BCUT2D eigenvalue weighted by atomic mass is 32.2. The van der Waals surface area contributed by atoms with Crippen LogP contribution in [0.15, 0.2) is 70.5 Å². The number of aliphatic carboxylic acids is 1. The third-order valence-corrected chi connectivity index (χ3v) is 9.38. The van der Waals surface area contributed by atoms with Gasteiger partial charge >= 0.3 is 12.1 Å². The molecule has 2 unspecified atom stereocenters. The quantitative estimate of drug-likeness (QED) is 0.123. The number of carboxylic acid groups (broad SMARTS) is 1. The molecular formula is C34H30F6N2O5S. The molecule has 0 aliphatic carbocycles. The average Bonchev–Trinajstić information content (AvgIpc) is 3.47. The van der Waals surface area contributed by atoms with Gasteiger partial charge in [0.05, 0.1) is 42.0 Å². The Kier molecular flexibility index (Phi) is 10.6. The number of carbonyl (C=O) groups is 1. The molecule has 2 heterocycles. The number of ether oxygens (including phenoxy) is 2. The number of methoxy groups -OCH3 is 1. The van der Waals surface area contributed by atoms with Gasteiger partial charge in [-0.2, -0.15) is 13.2 Å². The first-order valence-corrected chi connectivity index (χ1v) is 15.7. The topological polar surface area (TPSA) is 89.8 Å². The number of hydrogen-bond donors (Lipinski definition) is 2. The number of nitrogens with zero attached hydrogens (tertiary/aromatic N) is 1. The Morgan fingerprint density at radius 3 is 2.44 bits per heavy atom. The summed E-state index contributed by atoms with van der Waals surface area (Å²) in [7, 11) is 1.24. The van der Waals surface area contributed by atoms with E-state index >= 15 is 13.2 Å². The fourth-order valence-corrected chi connectivity index (χ4v) is 7.39. The molecule has 14 heteroatoms. The SMILES string of the molecule is COc1cccc(-c2c(C)c(Cc3c(F)cccc3C(F)(F)F)c3n(c2=O)C(C(NCCOCC(=O)O)c2ccccc2F)CS3)c1F. The lowest BCUT2D eigenvalue weighted by molar-refractivity contribution is -0.142. The minimum Gasteiger partial charge on any atom is -0.494 e. The molecule has 48 heavy (non-hydrogen) atoms. The van der Waals surface area contributed by atoms with E-state index < -0.39 is 71.4 Å². The summed E-state index contributed by atoms with van der Waals surface area (Å²) < 4.78 is 100. The normalized spacial score (nSPS) is 15.0. The van der Waals surface area contributed by atoms with Gasteiger partial charge in [0.25, 0.3) is 5.56 Å². The molecule has 0 fully saturated rings. The summed E-state index contributed by atoms with van der Waals surface area (Å²) in [4.78, 5) is 25.4. The van der Waals surface area contributed by atoms with E-state index in [2.05, 4.69) is 5.32 Å². The van der Waals surface area contributed by atoms with Gasteiger partial charge in [-0.1, -0.05) is 36.4 Å². The zero-order chi connectivity index (χ0) is 34.7. The van der Waals surface area contributed by atoms with E-state index in [1.165, 1.54) is 55.0 Å². The number of pyridine rings is 1. The van der Waals surface area contributed by atoms with Gasteiger partial charge in [0.1, 0.15) is 18.2 Å². The van der Waals surface area contributed by atoms with E-state index in [9.17, 15) is 22.8 Å². The maximum atomic E-state index is 15.8. The lowest BCUT2D eigenvalue weighted by Crippen LogP contribution is -2.37. The first-order valence-electron chi connectivity index (χ1n) is 14.7. The van der Waals surface area contributed by atoms with E-state index in [0.717, 1.165) is 30.0 Å². The van der Waals surface area contributed by atoms with Crippen molar-refractivity contribution in [3.63, 3.8) is 0 Å². The number of nitrogens with one attached hydrogen (secondary N) is 1. The van der Waals surface area contributed by atoms with Gasteiger partial charge in [0.15, 0.2) is 11.6 Å². The van der Waals surface area contributed by atoms with Crippen molar-refractivity contribution in [1.82, 2.24) is 9.88 Å². The molecule has 0 saturated heterocycles. The maximum absolute atomic E-state index is 15.8. The summed E-state index contributed by atoms with van der Waals surface area (Å²) in [6.45, 7) is 0.867. The van der Waals surface area contributed by atoms with E-state index in [1.807, 2.05) is 0 Å². The minimum atomic E-state index is -4.89. The third-order valence-electron chi connectivity index (χ3n) is 8.15. The molecule has 2 atom stereocenters. The van der Waals surface area contributed by atoms with Crippen LogP contribution in [0.25, 0.3) is 11.1 Å². The monoisotopic (exact) mass is 692 g/mol. The van der Waals surface area contributed by atoms with E-state index in [1.54, 1.807) is 6.07 Å². The fourth-order valence-electron chi connectivity index (χ4n) is 5.97. The molecule has 0 radical (unpaired) electrons. The van der Waals surface area contributed by atoms with E-state index in [-0.39, 0.29) is 57.5 Å². The third kappa shape index (κ3) is 6.96. The van der Waals surface area contributed by atoms with Gasteiger partial charge in [0, 0.05) is 35.4 Å². The predicted octanol–water partition coefficient (Wildman–Crippen LogP) is 6.94. The second kappa shape index (κ2) is 14.5. The Labute approximate surface area is 275 Å². The Balaban J connectivity index is 1.73. The van der Waals surface area contributed by atoms with E-state index in [4.69, 9.17) is 14.6 Å². The number of carboxylic acids is 1. The van der Waals surface area contributed by atoms with Crippen molar-refractivity contribution in [3.8, 4) is 16.9 Å². The number of fused-ring (bicyclic) bond motifs is 1. The van der Waals surface area contributed by atoms with Gasteiger partial charge in [-0.25, -0.2) is 18.0 Å². The summed E-state index contributed by atoms with van der Waals surface area (Å²) >= 11 is 1.13. The number of halogens is 6. The number of thioether (sulfide) groups is 1. The zero-order valence-corrected chi connectivity index (χ0v) is 26.5. The second-order valence-corrected chi connectivity index (χ2v) is 12.0. The first kappa shape index (κ1) is 35.0. The van der Waals surface area contributed by atoms with Gasteiger partial charge in [-0.05, 0) is 42.3 Å². The molecule has 7 nitrogen and oxygen atoms in total. The van der Waals surface area contributed by atoms with Crippen LogP contribution in [0.4, 0.5) is 26.3 Å².